The molecule has 0 aliphatic carbocycles. The molecular formula is C9H20O6S2. The van der Waals surface area contributed by atoms with Gasteiger partial charge in [0.15, 0.2) is 0 Å². The Morgan fingerprint density at radius 3 is 1.88 bits per heavy atom. The van der Waals surface area contributed by atoms with Gasteiger partial charge in [0.2, 0.25) is 0 Å². The van der Waals surface area contributed by atoms with Gasteiger partial charge in [-0.15, -0.1) is 0 Å². The van der Waals surface area contributed by atoms with Crippen molar-refractivity contribution in [1.82, 2.24) is 0 Å². The fourth-order valence-corrected chi connectivity index (χ4v) is 2.12. The standard InChI is InChI=1S/C9H20O6S2/c1-2-3-13-4-5-14-6-7-15-8-9-16-17(10,11)12/h2-9H2,1H3,(H,10,11,12). The van der Waals surface area contributed by atoms with E-state index in [1.807, 2.05) is 6.92 Å². The van der Waals surface area contributed by atoms with E-state index in [4.69, 9.17) is 18.8 Å². The summed E-state index contributed by atoms with van der Waals surface area (Å²) in [6.07, 6.45) is 0.995. The summed E-state index contributed by atoms with van der Waals surface area (Å²) in [7, 11) is -3.49. The zero-order valence-corrected chi connectivity index (χ0v) is 11.6. The van der Waals surface area contributed by atoms with Crippen LogP contribution in [0.4, 0.5) is 0 Å². The molecule has 6 nitrogen and oxygen atoms in total. The van der Waals surface area contributed by atoms with Crippen molar-refractivity contribution in [3.63, 3.8) is 0 Å². The second-order valence-corrected chi connectivity index (χ2v) is 6.56. The van der Waals surface area contributed by atoms with Crippen molar-refractivity contribution in [2.45, 2.75) is 13.3 Å². The van der Waals surface area contributed by atoms with Gasteiger partial charge in [0.25, 0.3) is 0 Å². The van der Waals surface area contributed by atoms with Crippen molar-refractivity contribution in [3.8, 4) is 0 Å². The summed E-state index contributed by atoms with van der Waals surface area (Å²) in [6.45, 7) is 5.01. The van der Waals surface area contributed by atoms with Gasteiger partial charge in [0.1, 0.15) is 0 Å². The smallest absolute Gasteiger partial charge is 0.319 e. The van der Waals surface area contributed by atoms with Crippen LogP contribution in [-0.2, 0) is 23.4 Å². The van der Waals surface area contributed by atoms with Crippen molar-refractivity contribution in [2.75, 3.05) is 45.4 Å². The summed E-state index contributed by atoms with van der Waals surface area (Å²) in [4.78, 5) is 0. The Hall–Kier alpha value is 0.140. The Morgan fingerprint density at radius 2 is 1.41 bits per heavy atom. The Bertz CT molecular complexity index is 254. The summed E-state index contributed by atoms with van der Waals surface area (Å²) in [6, 6.07) is 0. The van der Waals surface area contributed by atoms with E-state index < -0.39 is 9.15 Å². The molecule has 0 saturated heterocycles. The number of hydrogen-bond acceptors (Lipinski definition) is 6. The molecule has 0 aromatic heterocycles. The van der Waals surface area contributed by atoms with E-state index in [1.54, 1.807) is 0 Å². The molecule has 0 unspecified atom stereocenters. The molecule has 0 atom stereocenters. The Labute approximate surface area is 106 Å². The summed E-state index contributed by atoms with van der Waals surface area (Å²) < 4.78 is 44.5. The SMILES string of the molecule is CCCOCCOCCOCCSS(=O)(=O)O. The van der Waals surface area contributed by atoms with E-state index in [1.165, 1.54) is 0 Å². The molecule has 17 heavy (non-hydrogen) atoms. The summed E-state index contributed by atoms with van der Waals surface area (Å²) >= 11 is 0. The third-order valence-corrected chi connectivity index (χ3v) is 3.58. The van der Waals surface area contributed by atoms with Gasteiger partial charge in [-0.25, -0.2) is 0 Å². The fourth-order valence-electron chi connectivity index (χ4n) is 0.884. The lowest BCUT2D eigenvalue weighted by Crippen LogP contribution is -2.11. The van der Waals surface area contributed by atoms with Crippen LogP contribution in [0.2, 0.25) is 0 Å². The number of hydrogen-bond donors (Lipinski definition) is 1. The third kappa shape index (κ3) is 16.1. The van der Waals surface area contributed by atoms with Crippen molar-refractivity contribution >= 4 is 19.9 Å². The van der Waals surface area contributed by atoms with Gasteiger partial charge in [-0.3, -0.25) is 4.55 Å². The highest BCUT2D eigenvalue weighted by Gasteiger charge is 2.03. The zero-order valence-electron chi connectivity index (χ0n) is 9.96. The van der Waals surface area contributed by atoms with Crippen LogP contribution in [0.15, 0.2) is 0 Å². The normalized spacial score (nSPS) is 11.9. The summed E-state index contributed by atoms with van der Waals surface area (Å²) in [5.41, 5.74) is 0. The van der Waals surface area contributed by atoms with Gasteiger partial charge in [-0.2, -0.15) is 8.42 Å². The molecule has 0 fully saturated rings. The van der Waals surface area contributed by atoms with E-state index in [-0.39, 0.29) is 12.4 Å². The minimum atomic E-state index is -3.95. The van der Waals surface area contributed by atoms with Gasteiger partial charge in [0, 0.05) is 12.4 Å². The maximum Gasteiger partial charge on any atom is 0.319 e. The summed E-state index contributed by atoms with van der Waals surface area (Å²) in [5.74, 6) is 0.207. The van der Waals surface area contributed by atoms with Crippen LogP contribution >= 0.6 is 10.8 Å². The second kappa shape index (κ2) is 11.2. The van der Waals surface area contributed by atoms with Gasteiger partial charge in [0.05, 0.1) is 33.0 Å². The Morgan fingerprint density at radius 1 is 0.941 bits per heavy atom. The highest BCUT2D eigenvalue weighted by atomic mass is 33.1. The largest absolute Gasteiger partial charge is 0.379 e. The molecule has 0 amide bonds. The van der Waals surface area contributed by atoms with E-state index in [9.17, 15) is 8.42 Å². The second-order valence-electron chi connectivity index (χ2n) is 3.09. The fraction of sp³-hybridized carbons (Fsp3) is 1.00. The average molecular weight is 288 g/mol. The maximum absolute atomic E-state index is 10.3. The molecule has 0 aromatic carbocycles. The van der Waals surface area contributed by atoms with E-state index in [0.29, 0.717) is 37.2 Å². The van der Waals surface area contributed by atoms with E-state index in [2.05, 4.69) is 0 Å². The molecular weight excluding hydrogens is 268 g/mol. The van der Waals surface area contributed by atoms with Gasteiger partial charge < -0.3 is 14.2 Å². The molecule has 0 aromatic rings. The van der Waals surface area contributed by atoms with E-state index in [0.717, 1.165) is 13.0 Å². The lowest BCUT2D eigenvalue weighted by atomic mass is 10.5. The molecule has 0 bridgehead atoms. The molecule has 104 valence electrons. The van der Waals surface area contributed by atoms with E-state index >= 15 is 0 Å². The predicted molar refractivity (Wildman–Crippen MR) is 66.8 cm³/mol. The lowest BCUT2D eigenvalue weighted by Gasteiger charge is -2.05. The first-order chi connectivity index (χ1) is 8.06. The molecule has 0 heterocycles. The van der Waals surface area contributed by atoms with Crippen LogP contribution in [0.5, 0.6) is 0 Å². The van der Waals surface area contributed by atoms with Gasteiger partial charge in [-0.05, 0) is 17.2 Å². The van der Waals surface area contributed by atoms with Crippen molar-refractivity contribution in [3.05, 3.63) is 0 Å². The molecule has 0 radical (unpaired) electrons. The van der Waals surface area contributed by atoms with Crippen LogP contribution in [0, 0.1) is 0 Å². The first-order valence-electron chi connectivity index (χ1n) is 5.41. The quantitative estimate of drug-likeness (QED) is 0.325. The van der Waals surface area contributed by atoms with Crippen LogP contribution in [0.1, 0.15) is 13.3 Å². The molecule has 0 aliphatic rings. The molecule has 0 rings (SSSR count). The highest BCUT2D eigenvalue weighted by molar-refractivity contribution is 8.69. The zero-order chi connectivity index (χ0) is 13.0. The molecule has 0 saturated carbocycles. The topological polar surface area (TPSA) is 82.1 Å². The molecule has 8 heteroatoms. The van der Waals surface area contributed by atoms with Crippen molar-refractivity contribution in [1.29, 1.82) is 0 Å². The van der Waals surface area contributed by atoms with Crippen LogP contribution in [0.25, 0.3) is 0 Å². The van der Waals surface area contributed by atoms with Crippen molar-refractivity contribution < 1.29 is 27.2 Å². The highest BCUT2D eigenvalue weighted by Crippen LogP contribution is 2.07. The Kier molecular flexibility index (Phi) is 11.3. The van der Waals surface area contributed by atoms with Gasteiger partial charge >= 0.3 is 9.15 Å². The average Bonchev–Trinajstić information content (AvgIpc) is 2.24. The van der Waals surface area contributed by atoms with Crippen LogP contribution in [-0.4, -0.2) is 58.4 Å². The number of rotatable bonds is 12. The molecule has 0 aliphatic heterocycles. The maximum atomic E-state index is 10.3. The Balaban J connectivity index is 3.04. The predicted octanol–water partition coefficient (Wildman–Crippen LogP) is 0.982. The third-order valence-electron chi connectivity index (χ3n) is 1.55. The van der Waals surface area contributed by atoms with Crippen molar-refractivity contribution in [2.24, 2.45) is 0 Å². The van der Waals surface area contributed by atoms with Gasteiger partial charge in [-0.1, -0.05) is 6.92 Å². The lowest BCUT2D eigenvalue weighted by molar-refractivity contribution is 0.0175. The number of ether oxygens (including phenoxy) is 3. The monoisotopic (exact) mass is 288 g/mol. The summed E-state index contributed by atoms with van der Waals surface area (Å²) in [5, 5.41) is 0. The minimum Gasteiger partial charge on any atom is -0.379 e. The molecule has 0 spiro atoms. The molecule has 1 N–H and O–H groups in total. The van der Waals surface area contributed by atoms with Crippen LogP contribution in [0.3, 0.4) is 0 Å². The first-order valence-corrected chi connectivity index (χ1v) is 8.35. The minimum absolute atomic E-state index is 0.207. The first kappa shape index (κ1) is 17.1. The van der Waals surface area contributed by atoms with Crippen LogP contribution < -0.4 is 0 Å².